The number of aliphatic hydroxyl groups is 1. The van der Waals surface area contributed by atoms with Crippen molar-refractivity contribution in [2.75, 3.05) is 19.7 Å². The highest BCUT2D eigenvalue weighted by atomic mass is 35.5. The summed E-state index contributed by atoms with van der Waals surface area (Å²) in [6.07, 6.45) is 3.44. The van der Waals surface area contributed by atoms with E-state index in [0.29, 0.717) is 30.5 Å². The zero-order chi connectivity index (χ0) is 14.4. The largest absolute Gasteiger partial charge is 0.444 e. The summed E-state index contributed by atoms with van der Waals surface area (Å²) in [5, 5.41) is 9.70. The Morgan fingerprint density at radius 2 is 2.10 bits per heavy atom. The molecule has 0 spiro atoms. The van der Waals surface area contributed by atoms with Gasteiger partial charge in [0.25, 0.3) is 0 Å². The van der Waals surface area contributed by atoms with Gasteiger partial charge in [-0.15, -0.1) is 6.58 Å². The fraction of sp³-hybridized carbons (Fsp3) is 0.267. The topological polar surface area (TPSA) is 49.5 Å². The third-order valence-corrected chi connectivity index (χ3v) is 3.08. The summed E-state index contributed by atoms with van der Waals surface area (Å²) >= 11 is 5.85. The summed E-state index contributed by atoms with van der Waals surface area (Å²) in [7, 11) is 0. The van der Waals surface area contributed by atoms with E-state index < -0.39 is 0 Å². The Hall–Kier alpha value is -1.62. The number of oxazole rings is 1. The van der Waals surface area contributed by atoms with E-state index in [1.165, 1.54) is 0 Å². The van der Waals surface area contributed by atoms with Crippen LogP contribution in [0.5, 0.6) is 0 Å². The van der Waals surface area contributed by atoms with Crippen molar-refractivity contribution in [2.24, 2.45) is 0 Å². The average molecular weight is 293 g/mol. The van der Waals surface area contributed by atoms with E-state index in [2.05, 4.69) is 11.6 Å². The lowest BCUT2D eigenvalue weighted by Crippen LogP contribution is -2.26. The normalized spacial score (nSPS) is 10.9. The summed E-state index contributed by atoms with van der Waals surface area (Å²) in [6, 6.07) is 7.34. The third kappa shape index (κ3) is 3.93. The number of aliphatic hydroxyl groups excluding tert-OH is 1. The number of aromatic nitrogens is 1. The van der Waals surface area contributed by atoms with Crippen molar-refractivity contribution >= 4 is 11.6 Å². The van der Waals surface area contributed by atoms with Gasteiger partial charge in [-0.25, -0.2) is 4.98 Å². The van der Waals surface area contributed by atoms with Crippen LogP contribution in [0, 0.1) is 0 Å². The van der Waals surface area contributed by atoms with Crippen LogP contribution in [-0.4, -0.2) is 34.7 Å². The van der Waals surface area contributed by atoms with Crippen molar-refractivity contribution < 1.29 is 9.52 Å². The van der Waals surface area contributed by atoms with Crippen LogP contribution in [0.4, 0.5) is 0 Å². The molecule has 20 heavy (non-hydrogen) atoms. The molecule has 0 saturated heterocycles. The van der Waals surface area contributed by atoms with Crippen molar-refractivity contribution in [1.29, 1.82) is 0 Å². The standard InChI is InChI=1S/C15H17ClN2O2/c1-2-7-18(8-9-19)10-14-11-20-15(17-14)12-3-5-13(16)6-4-12/h2-6,11,19H,1,7-10H2. The average Bonchev–Trinajstić information content (AvgIpc) is 2.89. The lowest BCUT2D eigenvalue weighted by atomic mass is 10.2. The van der Waals surface area contributed by atoms with Gasteiger partial charge >= 0.3 is 0 Å². The smallest absolute Gasteiger partial charge is 0.226 e. The highest BCUT2D eigenvalue weighted by Crippen LogP contribution is 2.21. The summed E-state index contributed by atoms with van der Waals surface area (Å²) in [5.41, 5.74) is 1.71. The minimum Gasteiger partial charge on any atom is -0.444 e. The van der Waals surface area contributed by atoms with Gasteiger partial charge in [0.1, 0.15) is 6.26 Å². The van der Waals surface area contributed by atoms with Crippen LogP contribution in [0.1, 0.15) is 5.69 Å². The van der Waals surface area contributed by atoms with Gasteiger partial charge in [0.2, 0.25) is 5.89 Å². The highest BCUT2D eigenvalue weighted by Gasteiger charge is 2.10. The van der Waals surface area contributed by atoms with Gasteiger partial charge in [0.05, 0.1) is 12.3 Å². The summed E-state index contributed by atoms with van der Waals surface area (Å²) in [6.45, 7) is 5.70. The molecule has 0 radical (unpaired) electrons. The Kier molecular flexibility index (Phi) is 5.35. The van der Waals surface area contributed by atoms with E-state index >= 15 is 0 Å². The first-order chi connectivity index (χ1) is 9.72. The number of rotatable bonds is 7. The van der Waals surface area contributed by atoms with Crippen molar-refractivity contribution in [3.05, 3.63) is 53.9 Å². The van der Waals surface area contributed by atoms with Gasteiger partial charge in [-0.3, -0.25) is 4.90 Å². The van der Waals surface area contributed by atoms with Crippen molar-refractivity contribution in [3.63, 3.8) is 0 Å². The second-order valence-electron chi connectivity index (χ2n) is 4.40. The van der Waals surface area contributed by atoms with Crippen LogP contribution in [0.15, 0.2) is 47.6 Å². The predicted octanol–water partition coefficient (Wildman–Crippen LogP) is 2.98. The SMILES string of the molecule is C=CCN(CCO)Cc1coc(-c2ccc(Cl)cc2)n1. The Morgan fingerprint density at radius 3 is 2.75 bits per heavy atom. The monoisotopic (exact) mass is 292 g/mol. The van der Waals surface area contributed by atoms with Crippen LogP contribution >= 0.6 is 11.6 Å². The molecule has 106 valence electrons. The number of nitrogens with zero attached hydrogens (tertiary/aromatic N) is 2. The van der Waals surface area contributed by atoms with Gasteiger partial charge in [-0.05, 0) is 24.3 Å². The molecule has 0 fully saturated rings. The minimum absolute atomic E-state index is 0.107. The maximum Gasteiger partial charge on any atom is 0.226 e. The number of hydrogen-bond acceptors (Lipinski definition) is 4. The maximum atomic E-state index is 9.02. The molecule has 1 aromatic carbocycles. The molecule has 0 aliphatic rings. The molecule has 0 amide bonds. The second kappa shape index (κ2) is 7.24. The molecule has 5 heteroatoms. The van der Waals surface area contributed by atoms with Crippen LogP contribution < -0.4 is 0 Å². The summed E-state index contributed by atoms with van der Waals surface area (Å²) in [5.74, 6) is 0.569. The molecule has 0 unspecified atom stereocenters. The Balaban J connectivity index is 2.08. The molecular formula is C15H17ClN2O2. The lowest BCUT2D eigenvalue weighted by Gasteiger charge is -2.17. The van der Waals surface area contributed by atoms with Crippen LogP contribution in [0.2, 0.25) is 5.02 Å². The molecule has 0 aliphatic heterocycles. The Bertz CT molecular complexity index is 551. The first-order valence-electron chi connectivity index (χ1n) is 6.37. The lowest BCUT2D eigenvalue weighted by molar-refractivity contribution is 0.202. The van der Waals surface area contributed by atoms with Gasteiger partial charge < -0.3 is 9.52 Å². The fourth-order valence-corrected chi connectivity index (χ4v) is 2.02. The third-order valence-electron chi connectivity index (χ3n) is 2.83. The molecule has 1 aromatic heterocycles. The van der Waals surface area contributed by atoms with Gasteiger partial charge in [0, 0.05) is 30.2 Å². The predicted molar refractivity (Wildman–Crippen MR) is 79.5 cm³/mol. The fourth-order valence-electron chi connectivity index (χ4n) is 1.89. The zero-order valence-corrected chi connectivity index (χ0v) is 11.9. The molecule has 2 rings (SSSR count). The first kappa shape index (κ1) is 14.8. The first-order valence-corrected chi connectivity index (χ1v) is 6.75. The van der Waals surface area contributed by atoms with Gasteiger partial charge in [0.15, 0.2) is 0 Å². The molecule has 1 heterocycles. The number of halogens is 1. The van der Waals surface area contributed by atoms with Crippen LogP contribution in [-0.2, 0) is 6.54 Å². The van der Waals surface area contributed by atoms with Crippen molar-refractivity contribution in [3.8, 4) is 11.5 Å². The van der Waals surface area contributed by atoms with E-state index in [-0.39, 0.29) is 6.61 Å². The summed E-state index contributed by atoms with van der Waals surface area (Å²) in [4.78, 5) is 6.49. The highest BCUT2D eigenvalue weighted by molar-refractivity contribution is 6.30. The Labute approximate surface area is 123 Å². The number of benzene rings is 1. The maximum absolute atomic E-state index is 9.02. The molecule has 1 N–H and O–H groups in total. The van der Waals surface area contributed by atoms with Crippen molar-refractivity contribution in [1.82, 2.24) is 9.88 Å². The van der Waals surface area contributed by atoms with Crippen molar-refractivity contribution in [2.45, 2.75) is 6.54 Å². The van der Waals surface area contributed by atoms with Crippen LogP contribution in [0.3, 0.4) is 0 Å². The number of hydrogen-bond donors (Lipinski definition) is 1. The molecule has 4 nitrogen and oxygen atoms in total. The molecule has 0 bridgehead atoms. The van der Waals surface area contributed by atoms with E-state index in [1.54, 1.807) is 24.5 Å². The molecule has 0 saturated carbocycles. The van der Waals surface area contributed by atoms with E-state index in [9.17, 15) is 0 Å². The molecular weight excluding hydrogens is 276 g/mol. The molecule has 0 aliphatic carbocycles. The minimum atomic E-state index is 0.107. The Morgan fingerprint density at radius 1 is 1.35 bits per heavy atom. The zero-order valence-electron chi connectivity index (χ0n) is 11.1. The van der Waals surface area contributed by atoms with E-state index in [1.807, 2.05) is 17.0 Å². The van der Waals surface area contributed by atoms with E-state index in [0.717, 1.165) is 11.3 Å². The second-order valence-corrected chi connectivity index (χ2v) is 4.83. The van der Waals surface area contributed by atoms with Gasteiger partial charge in [-0.1, -0.05) is 17.7 Å². The molecule has 2 aromatic rings. The van der Waals surface area contributed by atoms with Gasteiger partial charge in [-0.2, -0.15) is 0 Å². The summed E-state index contributed by atoms with van der Waals surface area (Å²) < 4.78 is 5.48. The molecule has 0 atom stereocenters. The van der Waals surface area contributed by atoms with E-state index in [4.69, 9.17) is 21.1 Å². The van der Waals surface area contributed by atoms with Crippen LogP contribution in [0.25, 0.3) is 11.5 Å². The quantitative estimate of drug-likeness (QED) is 0.797.